The van der Waals surface area contributed by atoms with Crippen LogP contribution in [-0.2, 0) is 4.79 Å². The van der Waals surface area contributed by atoms with Crippen LogP contribution >= 0.6 is 27.5 Å². The van der Waals surface area contributed by atoms with E-state index in [0.29, 0.717) is 11.6 Å². The standard InChI is InChI=1S/C13H15BrClNO2/c1-3-6-16(8-13(17)18)9(2)11-5-4-10(14)7-12(11)15/h3-5,7,9H,1,6,8H2,2H3,(H,17,18). The summed E-state index contributed by atoms with van der Waals surface area (Å²) in [5.41, 5.74) is 0.906. The van der Waals surface area contributed by atoms with Gasteiger partial charge in [0.1, 0.15) is 0 Å². The fraction of sp³-hybridized carbons (Fsp3) is 0.308. The first-order valence-corrected chi connectivity index (χ1v) is 6.64. The molecule has 0 aliphatic rings. The van der Waals surface area contributed by atoms with Crippen molar-refractivity contribution in [1.82, 2.24) is 4.90 Å². The second-order valence-corrected chi connectivity index (χ2v) is 5.28. The van der Waals surface area contributed by atoms with E-state index in [1.807, 2.05) is 19.1 Å². The van der Waals surface area contributed by atoms with Crippen LogP contribution in [0.5, 0.6) is 0 Å². The molecule has 0 saturated carbocycles. The Morgan fingerprint density at radius 2 is 2.33 bits per heavy atom. The minimum atomic E-state index is -0.864. The third-order valence-corrected chi connectivity index (χ3v) is 3.48. The van der Waals surface area contributed by atoms with Gasteiger partial charge in [0.2, 0.25) is 0 Å². The van der Waals surface area contributed by atoms with Crippen LogP contribution in [0.15, 0.2) is 35.3 Å². The summed E-state index contributed by atoms with van der Waals surface area (Å²) in [7, 11) is 0. The smallest absolute Gasteiger partial charge is 0.317 e. The maximum absolute atomic E-state index is 10.8. The summed E-state index contributed by atoms with van der Waals surface area (Å²) in [5, 5.41) is 9.52. The van der Waals surface area contributed by atoms with Gasteiger partial charge in [-0.15, -0.1) is 6.58 Å². The lowest BCUT2D eigenvalue weighted by molar-refractivity contribution is -0.138. The average molecular weight is 333 g/mol. The number of rotatable bonds is 6. The minimum Gasteiger partial charge on any atom is -0.480 e. The zero-order valence-electron chi connectivity index (χ0n) is 10.1. The molecule has 0 aliphatic carbocycles. The van der Waals surface area contributed by atoms with Crippen LogP contribution in [0.25, 0.3) is 0 Å². The lowest BCUT2D eigenvalue weighted by Crippen LogP contribution is -2.32. The second-order valence-electron chi connectivity index (χ2n) is 3.95. The Balaban J connectivity index is 2.96. The lowest BCUT2D eigenvalue weighted by atomic mass is 10.1. The lowest BCUT2D eigenvalue weighted by Gasteiger charge is -2.27. The Bertz CT molecular complexity index is 451. The SMILES string of the molecule is C=CCN(CC(=O)O)C(C)c1ccc(Br)cc1Cl. The van der Waals surface area contributed by atoms with Gasteiger partial charge in [0.25, 0.3) is 0 Å². The summed E-state index contributed by atoms with van der Waals surface area (Å²) >= 11 is 9.52. The average Bonchev–Trinajstić information content (AvgIpc) is 2.27. The summed E-state index contributed by atoms with van der Waals surface area (Å²) < 4.78 is 0.900. The van der Waals surface area contributed by atoms with Crippen molar-refractivity contribution in [3.8, 4) is 0 Å². The quantitative estimate of drug-likeness (QED) is 0.807. The van der Waals surface area contributed by atoms with Gasteiger partial charge in [-0.2, -0.15) is 0 Å². The molecule has 3 nitrogen and oxygen atoms in total. The van der Waals surface area contributed by atoms with Crippen LogP contribution in [0.4, 0.5) is 0 Å². The summed E-state index contributed by atoms with van der Waals surface area (Å²) in [6.07, 6.45) is 1.69. The number of carboxylic acids is 1. The van der Waals surface area contributed by atoms with Crippen molar-refractivity contribution < 1.29 is 9.90 Å². The van der Waals surface area contributed by atoms with E-state index in [9.17, 15) is 4.79 Å². The van der Waals surface area contributed by atoms with E-state index in [2.05, 4.69) is 22.5 Å². The largest absolute Gasteiger partial charge is 0.480 e. The number of carboxylic acid groups (broad SMARTS) is 1. The molecule has 0 aromatic heterocycles. The molecular formula is C13H15BrClNO2. The second kappa shape index (κ2) is 6.92. The van der Waals surface area contributed by atoms with Gasteiger partial charge < -0.3 is 5.11 Å². The molecule has 1 rings (SSSR count). The van der Waals surface area contributed by atoms with Crippen molar-refractivity contribution in [3.63, 3.8) is 0 Å². The number of halogens is 2. The molecular weight excluding hydrogens is 318 g/mol. The molecule has 5 heteroatoms. The van der Waals surface area contributed by atoms with Gasteiger partial charge in [-0.05, 0) is 24.6 Å². The fourth-order valence-corrected chi connectivity index (χ4v) is 2.57. The molecule has 1 aromatic rings. The van der Waals surface area contributed by atoms with Crippen molar-refractivity contribution in [3.05, 3.63) is 45.9 Å². The van der Waals surface area contributed by atoms with E-state index in [1.165, 1.54) is 0 Å². The Morgan fingerprint density at radius 1 is 1.67 bits per heavy atom. The first kappa shape index (κ1) is 15.2. The number of hydrogen-bond donors (Lipinski definition) is 1. The highest BCUT2D eigenvalue weighted by Crippen LogP contribution is 2.29. The minimum absolute atomic E-state index is 0.0421. The summed E-state index contributed by atoms with van der Waals surface area (Å²) in [6.45, 7) is 6.04. The number of nitrogens with zero attached hydrogens (tertiary/aromatic N) is 1. The zero-order valence-corrected chi connectivity index (χ0v) is 12.4. The summed E-state index contributed by atoms with van der Waals surface area (Å²) in [4.78, 5) is 12.6. The molecule has 0 radical (unpaired) electrons. The van der Waals surface area contributed by atoms with Gasteiger partial charge in [-0.3, -0.25) is 9.69 Å². The predicted octanol–water partition coefficient (Wildman–Crippen LogP) is 3.74. The van der Waals surface area contributed by atoms with Crippen molar-refractivity contribution in [1.29, 1.82) is 0 Å². The molecule has 0 saturated heterocycles. The van der Waals surface area contributed by atoms with E-state index in [1.54, 1.807) is 17.0 Å². The number of carbonyl (C=O) groups is 1. The first-order valence-electron chi connectivity index (χ1n) is 5.47. The van der Waals surface area contributed by atoms with Crippen LogP contribution in [0.2, 0.25) is 5.02 Å². The Morgan fingerprint density at radius 3 is 2.83 bits per heavy atom. The predicted molar refractivity (Wildman–Crippen MR) is 77.0 cm³/mol. The molecule has 1 N–H and O–H groups in total. The molecule has 1 aromatic carbocycles. The molecule has 1 atom stereocenters. The van der Waals surface area contributed by atoms with E-state index >= 15 is 0 Å². The number of hydrogen-bond acceptors (Lipinski definition) is 2. The van der Waals surface area contributed by atoms with Crippen LogP contribution in [0.1, 0.15) is 18.5 Å². The molecule has 0 spiro atoms. The summed E-state index contributed by atoms with van der Waals surface area (Å²) in [6, 6.07) is 5.51. The molecule has 18 heavy (non-hydrogen) atoms. The molecule has 1 unspecified atom stereocenters. The number of benzene rings is 1. The Hall–Kier alpha value is -0.840. The van der Waals surface area contributed by atoms with Crippen molar-refractivity contribution in [2.45, 2.75) is 13.0 Å². The highest BCUT2D eigenvalue weighted by Gasteiger charge is 2.19. The molecule has 98 valence electrons. The number of aliphatic carboxylic acids is 1. The van der Waals surface area contributed by atoms with Gasteiger partial charge in [0.15, 0.2) is 0 Å². The van der Waals surface area contributed by atoms with Gasteiger partial charge in [0.05, 0.1) is 6.54 Å². The van der Waals surface area contributed by atoms with Crippen LogP contribution in [0, 0.1) is 0 Å². The fourth-order valence-electron chi connectivity index (χ4n) is 1.74. The van der Waals surface area contributed by atoms with E-state index in [-0.39, 0.29) is 12.6 Å². The zero-order chi connectivity index (χ0) is 13.7. The van der Waals surface area contributed by atoms with Crippen LogP contribution < -0.4 is 0 Å². The third-order valence-electron chi connectivity index (χ3n) is 2.66. The molecule has 0 amide bonds. The molecule has 0 heterocycles. The van der Waals surface area contributed by atoms with Crippen LogP contribution in [-0.4, -0.2) is 29.1 Å². The van der Waals surface area contributed by atoms with Gasteiger partial charge >= 0.3 is 5.97 Å². The maximum Gasteiger partial charge on any atom is 0.317 e. The van der Waals surface area contributed by atoms with Gasteiger partial charge in [-0.25, -0.2) is 0 Å². The van der Waals surface area contributed by atoms with Gasteiger partial charge in [-0.1, -0.05) is 39.7 Å². The summed E-state index contributed by atoms with van der Waals surface area (Å²) in [5.74, 6) is -0.864. The normalized spacial score (nSPS) is 12.4. The topological polar surface area (TPSA) is 40.5 Å². The molecule has 0 bridgehead atoms. The van der Waals surface area contributed by atoms with E-state index in [4.69, 9.17) is 16.7 Å². The Labute approximate surface area is 120 Å². The molecule has 0 fully saturated rings. The van der Waals surface area contributed by atoms with Gasteiger partial charge in [0, 0.05) is 22.1 Å². The highest BCUT2D eigenvalue weighted by molar-refractivity contribution is 9.10. The van der Waals surface area contributed by atoms with E-state index < -0.39 is 5.97 Å². The van der Waals surface area contributed by atoms with Crippen molar-refractivity contribution >= 4 is 33.5 Å². The van der Waals surface area contributed by atoms with Crippen molar-refractivity contribution in [2.75, 3.05) is 13.1 Å². The first-order chi connectivity index (χ1) is 8.45. The van der Waals surface area contributed by atoms with Crippen molar-refractivity contribution in [2.24, 2.45) is 0 Å². The third kappa shape index (κ3) is 4.12. The monoisotopic (exact) mass is 331 g/mol. The highest BCUT2D eigenvalue weighted by atomic mass is 79.9. The maximum atomic E-state index is 10.8. The van der Waals surface area contributed by atoms with Crippen LogP contribution in [0.3, 0.4) is 0 Å². The van der Waals surface area contributed by atoms with E-state index in [0.717, 1.165) is 10.0 Å². The Kier molecular flexibility index (Phi) is 5.85. The molecule has 0 aliphatic heterocycles.